The highest BCUT2D eigenvalue weighted by Gasteiger charge is 2.33. The summed E-state index contributed by atoms with van der Waals surface area (Å²) in [4.78, 5) is 28.2. The Morgan fingerprint density at radius 3 is 2.23 bits per heavy atom. The summed E-state index contributed by atoms with van der Waals surface area (Å²) in [6, 6.07) is 18.3. The largest absolute Gasteiger partial charge is 0.354 e. The molecule has 0 heterocycles. The molecule has 0 spiro atoms. The van der Waals surface area contributed by atoms with Crippen molar-refractivity contribution in [3.05, 3.63) is 93.4 Å². The van der Waals surface area contributed by atoms with Gasteiger partial charge in [-0.1, -0.05) is 84.5 Å². The summed E-state index contributed by atoms with van der Waals surface area (Å²) in [5.41, 5.74) is 0.770. The van der Waals surface area contributed by atoms with Crippen LogP contribution in [0.15, 0.2) is 77.7 Å². The van der Waals surface area contributed by atoms with Crippen molar-refractivity contribution in [1.82, 2.24) is 10.2 Å². The lowest BCUT2D eigenvalue weighted by Crippen LogP contribution is -2.51. The van der Waals surface area contributed by atoms with Gasteiger partial charge in [0.05, 0.1) is 20.6 Å². The Kier molecular flexibility index (Phi) is 11.1. The zero-order chi connectivity index (χ0) is 28.6. The lowest BCUT2D eigenvalue weighted by molar-refractivity contribution is -0.139. The lowest BCUT2D eigenvalue weighted by atomic mass is 10.1. The number of benzene rings is 3. The first-order valence-electron chi connectivity index (χ1n) is 12.4. The minimum Gasteiger partial charge on any atom is -0.354 e. The highest BCUT2D eigenvalue weighted by atomic mass is 35.5. The fourth-order valence-electron chi connectivity index (χ4n) is 3.82. The van der Waals surface area contributed by atoms with Gasteiger partial charge in [-0.05, 0) is 55.3 Å². The molecule has 0 aliphatic heterocycles. The van der Waals surface area contributed by atoms with E-state index in [-0.39, 0.29) is 33.1 Å². The smallest absolute Gasteiger partial charge is 0.264 e. The topological polar surface area (TPSA) is 86.8 Å². The normalized spacial score (nSPS) is 12.0. The fraction of sp³-hybridized carbons (Fsp3) is 0.286. The predicted octanol–water partition coefficient (Wildman–Crippen LogP) is 6.18. The molecule has 0 aliphatic carbocycles. The van der Waals surface area contributed by atoms with Gasteiger partial charge >= 0.3 is 0 Å². The Labute approximate surface area is 244 Å². The number of sulfonamides is 1. The van der Waals surface area contributed by atoms with E-state index in [4.69, 9.17) is 34.8 Å². The number of halogens is 3. The number of nitrogens with one attached hydrogen (secondary N) is 1. The molecule has 2 amide bonds. The third kappa shape index (κ3) is 7.88. The van der Waals surface area contributed by atoms with Crippen LogP contribution in [-0.4, -0.2) is 44.3 Å². The molecule has 0 saturated heterocycles. The van der Waals surface area contributed by atoms with Gasteiger partial charge in [-0.15, -0.1) is 0 Å². The van der Waals surface area contributed by atoms with Crippen molar-refractivity contribution in [3.8, 4) is 0 Å². The van der Waals surface area contributed by atoms with E-state index in [0.717, 1.165) is 22.7 Å². The SMILES string of the molecule is CCCCNC(=O)[C@@H](C)N(Cc1ccc(Cl)cc1)C(=O)CN(c1cccc(Cl)c1Cl)S(=O)(=O)c1ccccc1. The Hall–Kier alpha value is -2.78. The standard InChI is InChI=1S/C28H30Cl3N3O4S/c1-3-4-17-32-28(36)20(2)33(18-21-13-15-22(29)16-14-21)26(35)19-34(25-12-8-11-24(30)27(25)31)39(37,38)23-9-6-5-7-10-23/h5-16,20H,3-4,17-19H2,1-2H3,(H,32,36)/t20-/m1/s1. The first-order chi connectivity index (χ1) is 18.6. The van der Waals surface area contributed by atoms with Crippen molar-refractivity contribution < 1.29 is 18.0 Å². The molecule has 1 atom stereocenters. The molecule has 208 valence electrons. The maximum absolute atomic E-state index is 13.9. The van der Waals surface area contributed by atoms with E-state index >= 15 is 0 Å². The van der Waals surface area contributed by atoms with Gasteiger partial charge in [0, 0.05) is 18.1 Å². The molecule has 0 unspecified atom stereocenters. The number of carbonyl (C=O) groups excluding carboxylic acids is 2. The number of rotatable bonds is 12. The van der Waals surface area contributed by atoms with Crippen molar-refractivity contribution in [1.29, 1.82) is 0 Å². The minimum absolute atomic E-state index is 0.0129. The minimum atomic E-state index is -4.24. The van der Waals surface area contributed by atoms with Gasteiger partial charge in [0.2, 0.25) is 11.8 Å². The molecule has 0 fully saturated rings. The Morgan fingerprint density at radius 1 is 0.923 bits per heavy atom. The Morgan fingerprint density at radius 2 is 1.59 bits per heavy atom. The van der Waals surface area contributed by atoms with Crippen LogP contribution in [0.4, 0.5) is 5.69 Å². The van der Waals surface area contributed by atoms with Gasteiger partial charge in [-0.25, -0.2) is 8.42 Å². The zero-order valence-corrected chi connectivity index (χ0v) is 24.7. The third-order valence-electron chi connectivity index (χ3n) is 6.07. The van der Waals surface area contributed by atoms with Crippen LogP contribution < -0.4 is 9.62 Å². The van der Waals surface area contributed by atoms with Crippen molar-refractivity contribution in [2.24, 2.45) is 0 Å². The maximum atomic E-state index is 13.9. The van der Waals surface area contributed by atoms with E-state index in [1.807, 2.05) is 6.92 Å². The van der Waals surface area contributed by atoms with Crippen LogP contribution in [0.25, 0.3) is 0 Å². The number of carbonyl (C=O) groups is 2. The quantitative estimate of drug-likeness (QED) is 0.248. The van der Waals surface area contributed by atoms with Crippen molar-refractivity contribution in [2.45, 2.75) is 44.2 Å². The maximum Gasteiger partial charge on any atom is 0.264 e. The van der Waals surface area contributed by atoms with Crippen LogP contribution in [0.1, 0.15) is 32.3 Å². The zero-order valence-electron chi connectivity index (χ0n) is 21.6. The number of hydrogen-bond acceptors (Lipinski definition) is 4. The van der Waals surface area contributed by atoms with Gasteiger partial charge in [-0.3, -0.25) is 13.9 Å². The second kappa shape index (κ2) is 14.0. The molecule has 11 heteroatoms. The first kappa shape index (κ1) is 30.8. The molecule has 7 nitrogen and oxygen atoms in total. The van der Waals surface area contributed by atoms with Crippen LogP contribution in [0.3, 0.4) is 0 Å². The Bertz CT molecular complexity index is 1390. The number of anilines is 1. The van der Waals surface area contributed by atoms with Crippen LogP contribution in [0.2, 0.25) is 15.1 Å². The number of amides is 2. The van der Waals surface area contributed by atoms with Crippen molar-refractivity contribution in [3.63, 3.8) is 0 Å². The summed E-state index contributed by atoms with van der Waals surface area (Å²) < 4.78 is 28.5. The van der Waals surface area contributed by atoms with Gasteiger partial charge in [-0.2, -0.15) is 0 Å². The van der Waals surface area contributed by atoms with Crippen LogP contribution >= 0.6 is 34.8 Å². The second-order valence-corrected chi connectivity index (χ2v) is 12.0. The molecule has 0 saturated carbocycles. The number of nitrogens with zero attached hydrogens (tertiary/aromatic N) is 2. The highest BCUT2D eigenvalue weighted by molar-refractivity contribution is 7.92. The molecule has 0 radical (unpaired) electrons. The van der Waals surface area contributed by atoms with Crippen molar-refractivity contribution in [2.75, 3.05) is 17.4 Å². The Balaban J connectivity index is 2.02. The van der Waals surface area contributed by atoms with E-state index in [0.29, 0.717) is 11.6 Å². The summed E-state index contributed by atoms with van der Waals surface area (Å²) >= 11 is 18.7. The molecule has 3 aromatic rings. The van der Waals surface area contributed by atoms with E-state index in [1.54, 1.807) is 55.5 Å². The molecule has 0 aromatic heterocycles. The van der Waals surface area contributed by atoms with Gasteiger partial charge in [0.25, 0.3) is 10.0 Å². The molecule has 1 N–H and O–H groups in total. The van der Waals surface area contributed by atoms with Crippen LogP contribution in [0, 0.1) is 0 Å². The molecule has 0 bridgehead atoms. The van der Waals surface area contributed by atoms with Gasteiger partial charge in [0.15, 0.2) is 0 Å². The number of hydrogen-bond donors (Lipinski definition) is 1. The average molecular weight is 611 g/mol. The van der Waals surface area contributed by atoms with Crippen molar-refractivity contribution >= 4 is 62.3 Å². The third-order valence-corrected chi connectivity index (χ3v) is 8.91. The summed E-state index contributed by atoms with van der Waals surface area (Å²) in [5, 5.41) is 3.50. The predicted molar refractivity (Wildman–Crippen MR) is 157 cm³/mol. The fourth-order valence-corrected chi connectivity index (χ4v) is 5.84. The second-order valence-electron chi connectivity index (χ2n) is 8.87. The monoisotopic (exact) mass is 609 g/mol. The number of unbranched alkanes of at least 4 members (excludes halogenated alkanes) is 1. The van der Waals surface area contributed by atoms with E-state index in [2.05, 4.69) is 5.32 Å². The average Bonchev–Trinajstić information content (AvgIpc) is 2.93. The summed E-state index contributed by atoms with van der Waals surface area (Å²) in [7, 11) is -4.24. The molecule has 39 heavy (non-hydrogen) atoms. The molecular formula is C28H30Cl3N3O4S. The van der Waals surface area contributed by atoms with Gasteiger partial charge < -0.3 is 10.2 Å². The molecule has 3 rings (SSSR count). The highest BCUT2D eigenvalue weighted by Crippen LogP contribution is 2.35. The van der Waals surface area contributed by atoms with Gasteiger partial charge in [0.1, 0.15) is 12.6 Å². The van der Waals surface area contributed by atoms with E-state index in [1.165, 1.54) is 29.2 Å². The lowest BCUT2D eigenvalue weighted by Gasteiger charge is -2.32. The molecule has 0 aliphatic rings. The summed E-state index contributed by atoms with van der Waals surface area (Å²) in [5.74, 6) is -0.942. The first-order valence-corrected chi connectivity index (χ1v) is 15.0. The van der Waals surface area contributed by atoms with E-state index in [9.17, 15) is 18.0 Å². The van der Waals surface area contributed by atoms with E-state index < -0.39 is 28.5 Å². The summed E-state index contributed by atoms with van der Waals surface area (Å²) in [6.07, 6.45) is 1.69. The van der Waals surface area contributed by atoms with Crippen LogP contribution in [0.5, 0.6) is 0 Å². The molecule has 3 aromatic carbocycles. The van der Waals surface area contributed by atoms with Crippen LogP contribution in [-0.2, 0) is 26.2 Å². The molecular weight excluding hydrogens is 581 g/mol. The summed E-state index contributed by atoms with van der Waals surface area (Å²) in [6.45, 7) is 3.53.